The van der Waals surface area contributed by atoms with Crippen molar-refractivity contribution in [2.75, 3.05) is 51.4 Å². The number of carbonyl (C=O) groups is 2. The van der Waals surface area contributed by atoms with Gasteiger partial charge in [-0.15, -0.1) is 0 Å². The third-order valence-electron chi connectivity index (χ3n) is 7.32. The van der Waals surface area contributed by atoms with E-state index in [1.54, 1.807) is 14.0 Å². The monoisotopic (exact) mass is 493 g/mol. The zero-order valence-electron chi connectivity index (χ0n) is 21.7. The van der Waals surface area contributed by atoms with Crippen LogP contribution in [0.3, 0.4) is 0 Å². The van der Waals surface area contributed by atoms with Gasteiger partial charge in [-0.25, -0.2) is 0 Å². The van der Waals surface area contributed by atoms with E-state index in [4.69, 9.17) is 9.47 Å². The molecule has 0 aliphatic carbocycles. The largest absolute Gasteiger partial charge is 0.496 e. The summed E-state index contributed by atoms with van der Waals surface area (Å²) in [7, 11) is 1.64. The lowest BCUT2D eigenvalue weighted by molar-refractivity contribution is -0.131. The van der Waals surface area contributed by atoms with Crippen LogP contribution in [0.2, 0.25) is 0 Å². The molecule has 2 aliphatic heterocycles. The molecule has 36 heavy (non-hydrogen) atoms. The van der Waals surface area contributed by atoms with E-state index in [0.717, 1.165) is 74.6 Å². The van der Waals surface area contributed by atoms with Crippen molar-refractivity contribution in [1.82, 2.24) is 9.80 Å². The van der Waals surface area contributed by atoms with E-state index in [1.165, 1.54) is 0 Å². The van der Waals surface area contributed by atoms with Gasteiger partial charge in [-0.1, -0.05) is 36.4 Å². The van der Waals surface area contributed by atoms with Crippen molar-refractivity contribution in [3.8, 4) is 5.75 Å². The fourth-order valence-electron chi connectivity index (χ4n) is 5.40. The molecule has 2 aromatic rings. The Bertz CT molecular complexity index is 1020. The molecular formula is C29H39N3O4. The molecule has 0 N–H and O–H groups in total. The number of rotatable bonds is 4. The number of hydrogen-bond acceptors (Lipinski definition) is 5. The molecule has 0 unspecified atom stereocenters. The number of para-hydroxylation sites is 2. The maximum Gasteiger partial charge on any atom is 0.227 e. The first kappa shape index (κ1) is 26.2. The summed E-state index contributed by atoms with van der Waals surface area (Å²) in [4.78, 5) is 32.7. The van der Waals surface area contributed by atoms with Crippen molar-refractivity contribution < 1.29 is 19.1 Å². The van der Waals surface area contributed by atoms with Crippen LogP contribution in [0.25, 0.3) is 0 Å². The van der Waals surface area contributed by atoms with Gasteiger partial charge in [0.1, 0.15) is 5.75 Å². The average Bonchev–Trinajstić information content (AvgIpc) is 2.89. The number of amides is 2. The topological polar surface area (TPSA) is 62.3 Å². The van der Waals surface area contributed by atoms with Gasteiger partial charge in [0.2, 0.25) is 11.8 Å². The Morgan fingerprint density at radius 2 is 1.64 bits per heavy atom. The second-order valence-corrected chi connectivity index (χ2v) is 9.69. The highest BCUT2D eigenvalue weighted by molar-refractivity contribution is 5.92. The number of hydrogen-bond donors (Lipinski definition) is 0. The smallest absolute Gasteiger partial charge is 0.227 e. The fraction of sp³-hybridized carbons (Fsp3) is 0.517. The van der Waals surface area contributed by atoms with E-state index in [1.807, 2.05) is 58.3 Å². The second kappa shape index (κ2) is 12.9. The van der Waals surface area contributed by atoms with Crippen molar-refractivity contribution in [3.63, 3.8) is 0 Å². The van der Waals surface area contributed by atoms with E-state index in [2.05, 4.69) is 4.90 Å². The summed E-state index contributed by atoms with van der Waals surface area (Å²) in [6.07, 6.45) is 4.19. The normalized spacial score (nSPS) is 18.6. The Morgan fingerprint density at radius 3 is 2.39 bits per heavy atom. The zero-order valence-corrected chi connectivity index (χ0v) is 21.7. The SMILES string of the molecule is COc1ccccc1CC(=O)N1CCCN(C2CCOCC2)CCCN(C(C)=O)c2ccccc2C1. The average molecular weight is 494 g/mol. The van der Waals surface area contributed by atoms with Crippen molar-refractivity contribution in [2.45, 2.75) is 51.6 Å². The molecule has 194 valence electrons. The van der Waals surface area contributed by atoms with Crippen LogP contribution in [0, 0.1) is 0 Å². The van der Waals surface area contributed by atoms with E-state index < -0.39 is 0 Å². The van der Waals surface area contributed by atoms with Gasteiger partial charge in [-0.05, 0) is 43.4 Å². The first-order chi connectivity index (χ1) is 17.6. The third-order valence-corrected chi connectivity index (χ3v) is 7.32. The van der Waals surface area contributed by atoms with Crippen LogP contribution in [-0.2, 0) is 27.3 Å². The van der Waals surface area contributed by atoms with E-state index >= 15 is 0 Å². The van der Waals surface area contributed by atoms with E-state index in [0.29, 0.717) is 25.7 Å². The van der Waals surface area contributed by atoms with Gasteiger partial charge >= 0.3 is 0 Å². The van der Waals surface area contributed by atoms with Crippen LogP contribution in [0.15, 0.2) is 48.5 Å². The minimum absolute atomic E-state index is 0.0315. The molecule has 2 heterocycles. The van der Waals surface area contributed by atoms with E-state index in [9.17, 15) is 9.59 Å². The molecule has 1 fully saturated rings. The van der Waals surface area contributed by atoms with Crippen LogP contribution < -0.4 is 9.64 Å². The van der Waals surface area contributed by atoms with Crippen molar-refractivity contribution in [2.24, 2.45) is 0 Å². The van der Waals surface area contributed by atoms with Gasteiger partial charge in [0.05, 0.1) is 13.5 Å². The molecule has 0 atom stereocenters. The molecule has 0 spiro atoms. The van der Waals surface area contributed by atoms with Crippen LogP contribution in [0.1, 0.15) is 43.7 Å². The first-order valence-corrected chi connectivity index (χ1v) is 13.1. The summed E-state index contributed by atoms with van der Waals surface area (Å²) in [5.74, 6) is 0.830. The Morgan fingerprint density at radius 1 is 0.944 bits per heavy atom. The van der Waals surface area contributed by atoms with Crippen molar-refractivity contribution in [1.29, 1.82) is 0 Å². The fourth-order valence-corrected chi connectivity index (χ4v) is 5.40. The summed E-state index contributed by atoms with van der Waals surface area (Å²) in [5.41, 5.74) is 2.79. The molecule has 0 aromatic heterocycles. The van der Waals surface area contributed by atoms with Crippen LogP contribution in [0.4, 0.5) is 5.69 Å². The van der Waals surface area contributed by atoms with Crippen molar-refractivity contribution >= 4 is 17.5 Å². The summed E-state index contributed by atoms with van der Waals surface area (Å²) >= 11 is 0. The molecule has 7 heteroatoms. The molecule has 2 aliphatic rings. The maximum absolute atomic E-state index is 13.6. The highest BCUT2D eigenvalue weighted by Crippen LogP contribution is 2.25. The minimum Gasteiger partial charge on any atom is -0.496 e. The quantitative estimate of drug-likeness (QED) is 0.647. The second-order valence-electron chi connectivity index (χ2n) is 9.69. The third kappa shape index (κ3) is 6.65. The van der Waals surface area contributed by atoms with E-state index in [-0.39, 0.29) is 18.2 Å². The van der Waals surface area contributed by atoms with Gasteiger partial charge in [0.25, 0.3) is 0 Å². The molecule has 0 saturated carbocycles. The Balaban J connectivity index is 1.60. The maximum atomic E-state index is 13.6. The number of ether oxygens (including phenoxy) is 2. The lowest BCUT2D eigenvalue weighted by atomic mass is 10.0. The number of fused-ring (bicyclic) bond motifs is 1. The molecule has 0 bridgehead atoms. The van der Waals surface area contributed by atoms with Crippen molar-refractivity contribution in [3.05, 3.63) is 59.7 Å². The predicted molar refractivity (Wildman–Crippen MR) is 141 cm³/mol. The number of benzene rings is 2. The lowest BCUT2D eigenvalue weighted by Crippen LogP contribution is -2.44. The van der Waals surface area contributed by atoms with Gasteiger partial charge < -0.3 is 24.2 Å². The lowest BCUT2D eigenvalue weighted by Gasteiger charge is -2.36. The summed E-state index contributed by atoms with van der Waals surface area (Å²) in [5, 5.41) is 0. The van der Waals surface area contributed by atoms with Crippen LogP contribution >= 0.6 is 0 Å². The number of nitrogens with zero attached hydrogens (tertiary/aromatic N) is 3. The Hall–Kier alpha value is -2.90. The number of methoxy groups -OCH3 is 1. The standard InChI is InChI=1S/C29H39N3O4/c1-23(33)32-18-8-16-30(26-13-19-36-20-14-26)15-7-17-31(22-25-10-3-5-11-27(25)32)29(34)21-24-9-4-6-12-28(24)35-2/h3-6,9-12,26H,7-8,13-22H2,1-2H3. The highest BCUT2D eigenvalue weighted by atomic mass is 16.5. The van der Waals surface area contributed by atoms with Gasteiger partial charge in [0.15, 0.2) is 0 Å². The number of carbonyl (C=O) groups excluding carboxylic acids is 2. The molecule has 1 saturated heterocycles. The molecule has 4 rings (SSSR count). The molecule has 7 nitrogen and oxygen atoms in total. The molecule has 2 amide bonds. The highest BCUT2D eigenvalue weighted by Gasteiger charge is 2.25. The minimum atomic E-state index is 0.0315. The molecule has 0 radical (unpaired) electrons. The van der Waals surface area contributed by atoms with Gasteiger partial charge in [0, 0.05) is 70.2 Å². The van der Waals surface area contributed by atoms with Gasteiger partial charge in [-0.3, -0.25) is 9.59 Å². The van der Waals surface area contributed by atoms with Crippen LogP contribution in [-0.4, -0.2) is 74.2 Å². The summed E-state index contributed by atoms with van der Waals surface area (Å²) < 4.78 is 11.1. The predicted octanol–water partition coefficient (Wildman–Crippen LogP) is 3.89. The summed E-state index contributed by atoms with van der Waals surface area (Å²) in [6, 6.07) is 16.2. The Labute approximate surface area is 215 Å². The van der Waals surface area contributed by atoms with Crippen LogP contribution in [0.5, 0.6) is 5.75 Å². The zero-order chi connectivity index (χ0) is 25.3. The molecular weight excluding hydrogens is 454 g/mol. The Kier molecular flexibility index (Phi) is 9.36. The number of anilines is 1. The molecule has 2 aromatic carbocycles. The van der Waals surface area contributed by atoms with Gasteiger partial charge in [-0.2, -0.15) is 0 Å². The first-order valence-electron chi connectivity index (χ1n) is 13.1. The summed E-state index contributed by atoms with van der Waals surface area (Å²) in [6.45, 7) is 6.92.